The number of aryl methyl sites for hydroxylation is 2. The summed E-state index contributed by atoms with van der Waals surface area (Å²) in [5.41, 5.74) is 9.02. The van der Waals surface area contributed by atoms with Crippen LogP contribution < -0.4 is 5.73 Å². The lowest BCUT2D eigenvalue weighted by molar-refractivity contribution is -0.137. The minimum atomic E-state index is -4.44. The first-order valence-corrected chi connectivity index (χ1v) is 7.78. The minimum Gasteiger partial charge on any atom is -0.324 e. The van der Waals surface area contributed by atoms with Crippen molar-refractivity contribution < 1.29 is 18.0 Å². The molecule has 2 N–H and O–H groups in total. The average Bonchev–Trinajstić information content (AvgIpc) is 2.88. The minimum absolute atomic E-state index is 0.156. The van der Waals surface area contributed by atoms with Gasteiger partial charge in [0.15, 0.2) is 0 Å². The van der Waals surface area contributed by atoms with Crippen LogP contribution in [0.4, 0.5) is 13.2 Å². The number of fused-ring (bicyclic) bond motifs is 1. The second-order valence-corrected chi connectivity index (χ2v) is 6.04. The molecule has 0 saturated heterocycles. The zero-order valence-electron chi connectivity index (χ0n) is 13.0. The summed E-state index contributed by atoms with van der Waals surface area (Å²) in [6, 6.07) is 10.8. The third-order valence-electron chi connectivity index (χ3n) is 3.84. The molecule has 1 unspecified atom stereocenters. The van der Waals surface area contributed by atoms with Crippen molar-refractivity contribution in [3.8, 4) is 0 Å². The standard InChI is InChI=1S/C10H13N.C8H4ClF3O/c1-7-2-3-8-4-5-10(11)9(8)6-7;9-7(13)5-2-1-3-6(4-5)8(10,11)12/h2-3,6,10H,4-5,11H2,1H3;1-4H. The molecule has 2 aromatic carbocycles. The maximum Gasteiger partial charge on any atom is 0.416 e. The highest BCUT2D eigenvalue weighted by Gasteiger charge is 2.30. The van der Waals surface area contributed by atoms with Gasteiger partial charge in [-0.2, -0.15) is 13.2 Å². The van der Waals surface area contributed by atoms with Gasteiger partial charge in [-0.25, -0.2) is 0 Å². The molecule has 1 atom stereocenters. The van der Waals surface area contributed by atoms with Gasteiger partial charge in [0.05, 0.1) is 5.56 Å². The van der Waals surface area contributed by atoms with Gasteiger partial charge in [-0.1, -0.05) is 35.9 Å². The Hall–Kier alpha value is -1.85. The van der Waals surface area contributed by atoms with Crippen LogP contribution in [0.2, 0.25) is 0 Å². The maximum absolute atomic E-state index is 12.1. The largest absolute Gasteiger partial charge is 0.416 e. The van der Waals surface area contributed by atoms with E-state index in [0.717, 1.165) is 31.0 Å². The number of benzene rings is 2. The number of hydrogen-bond acceptors (Lipinski definition) is 2. The zero-order valence-corrected chi connectivity index (χ0v) is 13.8. The summed E-state index contributed by atoms with van der Waals surface area (Å²) in [7, 11) is 0. The number of halogens is 4. The molecule has 0 heterocycles. The Kier molecular flexibility index (Phi) is 5.67. The van der Waals surface area contributed by atoms with Gasteiger partial charge in [0.2, 0.25) is 0 Å². The second kappa shape index (κ2) is 7.36. The fourth-order valence-electron chi connectivity index (χ4n) is 2.57. The molecule has 0 radical (unpaired) electrons. The average molecular weight is 356 g/mol. The molecule has 24 heavy (non-hydrogen) atoms. The van der Waals surface area contributed by atoms with E-state index in [2.05, 4.69) is 25.1 Å². The molecular weight excluding hydrogens is 339 g/mol. The zero-order chi connectivity index (χ0) is 17.9. The summed E-state index contributed by atoms with van der Waals surface area (Å²) in [5, 5.41) is -0.897. The summed E-state index contributed by atoms with van der Waals surface area (Å²) in [4.78, 5) is 10.5. The van der Waals surface area contributed by atoms with Gasteiger partial charge in [-0.15, -0.1) is 0 Å². The Morgan fingerprint density at radius 3 is 2.54 bits per heavy atom. The van der Waals surface area contributed by atoms with E-state index in [-0.39, 0.29) is 5.56 Å². The lowest BCUT2D eigenvalue weighted by Crippen LogP contribution is -2.05. The van der Waals surface area contributed by atoms with Crippen molar-refractivity contribution in [1.82, 2.24) is 0 Å². The van der Waals surface area contributed by atoms with Crippen molar-refractivity contribution in [1.29, 1.82) is 0 Å². The van der Waals surface area contributed by atoms with E-state index in [1.54, 1.807) is 0 Å². The van der Waals surface area contributed by atoms with Gasteiger partial charge in [0, 0.05) is 11.6 Å². The van der Waals surface area contributed by atoms with Crippen LogP contribution in [0.15, 0.2) is 42.5 Å². The SMILES string of the molecule is Cc1ccc2c(c1)C(N)CC2.O=C(Cl)c1cccc(C(F)(F)F)c1. The smallest absolute Gasteiger partial charge is 0.324 e. The molecule has 0 aliphatic heterocycles. The van der Waals surface area contributed by atoms with E-state index in [0.29, 0.717) is 6.04 Å². The topological polar surface area (TPSA) is 43.1 Å². The Morgan fingerprint density at radius 1 is 1.21 bits per heavy atom. The number of carbonyl (C=O) groups is 1. The van der Waals surface area contributed by atoms with E-state index in [9.17, 15) is 18.0 Å². The van der Waals surface area contributed by atoms with Gasteiger partial charge in [0.25, 0.3) is 5.24 Å². The summed E-state index contributed by atoms with van der Waals surface area (Å²) in [6.07, 6.45) is -2.15. The van der Waals surface area contributed by atoms with Crippen LogP contribution in [0.1, 0.15) is 45.1 Å². The van der Waals surface area contributed by atoms with Crippen molar-refractivity contribution >= 4 is 16.8 Å². The van der Waals surface area contributed by atoms with Gasteiger partial charge >= 0.3 is 6.18 Å². The first kappa shape index (κ1) is 18.5. The number of carbonyl (C=O) groups excluding carboxylic acids is 1. The van der Waals surface area contributed by atoms with Gasteiger partial charge < -0.3 is 5.73 Å². The van der Waals surface area contributed by atoms with Crippen LogP contribution in [0.5, 0.6) is 0 Å². The predicted octanol–water partition coefficient (Wildman–Crippen LogP) is 5.03. The van der Waals surface area contributed by atoms with Crippen molar-refractivity contribution in [2.24, 2.45) is 5.73 Å². The molecule has 1 aliphatic carbocycles. The number of rotatable bonds is 1. The molecule has 0 saturated carbocycles. The van der Waals surface area contributed by atoms with E-state index < -0.39 is 17.0 Å². The molecule has 128 valence electrons. The molecule has 0 aromatic heterocycles. The van der Waals surface area contributed by atoms with Gasteiger partial charge in [-0.05, 0) is 54.6 Å². The van der Waals surface area contributed by atoms with E-state index >= 15 is 0 Å². The highest BCUT2D eigenvalue weighted by molar-refractivity contribution is 6.67. The molecule has 0 spiro atoms. The first-order chi connectivity index (χ1) is 11.2. The van der Waals surface area contributed by atoms with Crippen LogP contribution in [0.25, 0.3) is 0 Å². The first-order valence-electron chi connectivity index (χ1n) is 7.40. The highest BCUT2D eigenvalue weighted by Crippen LogP contribution is 2.30. The summed E-state index contributed by atoms with van der Waals surface area (Å²) in [5.74, 6) is 0. The van der Waals surface area contributed by atoms with E-state index in [1.807, 2.05) is 0 Å². The number of hydrogen-bond donors (Lipinski definition) is 1. The Bertz CT molecular complexity index is 743. The monoisotopic (exact) mass is 355 g/mol. The van der Waals surface area contributed by atoms with Crippen molar-refractivity contribution in [3.05, 3.63) is 70.3 Å². The Morgan fingerprint density at radius 2 is 1.92 bits per heavy atom. The molecule has 3 rings (SSSR count). The van der Waals surface area contributed by atoms with E-state index in [1.165, 1.54) is 22.8 Å². The van der Waals surface area contributed by atoms with E-state index in [4.69, 9.17) is 17.3 Å². The van der Waals surface area contributed by atoms with Crippen LogP contribution in [0.3, 0.4) is 0 Å². The fourth-order valence-corrected chi connectivity index (χ4v) is 2.69. The van der Waals surface area contributed by atoms with Crippen molar-refractivity contribution in [2.75, 3.05) is 0 Å². The lowest BCUT2D eigenvalue weighted by atomic mass is 10.1. The molecular formula is C18H17ClF3NO. The Labute approximate surface area is 143 Å². The maximum atomic E-state index is 12.1. The molecule has 0 fully saturated rings. The summed E-state index contributed by atoms with van der Waals surface area (Å²) < 4.78 is 36.2. The Balaban J connectivity index is 0.000000175. The van der Waals surface area contributed by atoms with Crippen LogP contribution in [0, 0.1) is 6.92 Å². The van der Waals surface area contributed by atoms with Gasteiger partial charge in [0.1, 0.15) is 0 Å². The van der Waals surface area contributed by atoms with Crippen molar-refractivity contribution in [3.63, 3.8) is 0 Å². The lowest BCUT2D eigenvalue weighted by Gasteiger charge is -2.06. The summed E-state index contributed by atoms with van der Waals surface area (Å²) in [6.45, 7) is 2.12. The quantitative estimate of drug-likeness (QED) is 0.729. The highest BCUT2D eigenvalue weighted by atomic mass is 35.5. The molecule has 2 aromatic rings. The number of alkyl halides is 3. The summed E-state index contributed by atoms with van der Waals surface area (Å²) >= 11 is 5.02. The predicted molar refractivity (Wildman–Crippen MR) is 88.1 cm³/mol. The number of nitrogens with two attached hydrogens (primary N) is 1. The third kappa shape index (κ3) is 4.58. The molecule has 1 aliphatic rings. The van der Waals surface area contributed by atoms with Crippen LogP contribution in [-0.4, -0.2) is 5.24 Å². The van der Waals surface area contributed by atoms with Gasteiger partial charge in [-0.3, -0.25) is 4.79 Å². The molecule has 0 bridgehead atoms. The third-order valence-corrected chi connectivity index (χ3v) is 4.06. The second-order valence-electron chi connectivity index (χ2n) is 5.70. The molecule has 0 amide bonds. The normalized spacial score (nSPS) is 16.2. The fraction of sp³-hybridized carbons (Fsp3) is 0.278. The van der Waals surface area contributed by atoms with Crippen LogP contribution >= 0.6 is 11.6 Å². The molecule has 2 nitrogen and oxygen atoms in total. The van der Waals surface area contributed by atoms with Crippen molar-refractivity contribution in [2.45, 2.75) is 32.0 Å². The molecule has 6 heteroatoms. The van der Waals surface area contributed by atoms with Crippen LogP contribution in [-0.2, 0) is 12.6 Å².